The Hall–Kier alpha value is -7.50. The van der Waals surface area contributed by atoms with Crippen molar-refractivity contribution in [1.82, 2.24) is 4.57 Å². The summed E-state index contributed by atoms with van der Waals surface area (Å²) in [5.41, 5.74) is 6.89. The smallest absolute Gasteiger partial charge is 0.179 e. The molecule has 12 aromatic rings. The van der Waals surface area contributed by atoms with Gasteiger partial charge in [-0.15, -0.1) is 11.3 Å². The first kappa shape index (κ1) is 36.4. The number of benzene rings is 10. The van der Waals surface area contributed by atoms with Crippen molar-refractivity contribution >= 4 is 110 Å². The van der Waals surface area contributed by atoms with E-state index in [9.17, 15) is 0 Å². The molecule has 2 heterocycles. The fourth-order valence-corrected chi connectivity index (χ4v) is 16.0. The van der Waals surface area contributed by atoms with Crippen molar-refractivity contribution in [3.05, 3.63) is 243 Å². The predicted molar refractivity (Wildman–Crippen MR) is 269 cm³/mol. The molecule has 12 rings (SSSR count). The van der Waals surface area contributed by atoms with E-state index in [2.05, 4.69) is 252 Å². The van der Waals surface area contributed by atoms with Gasteiger partial charge in [0, 0.05) is 48.0 Å². The fraction of sp³-hybridized carbons (Fsp3) is 0. The Kier molecular flexibility index (Phi) is 8.73. The van der Waals surface area contributed by atoms with E-state index >= 15 is 0 Å². The Balaban J connectivity index is 1.16. The lowest BCUT2D eigenvalue weighted by atomic mass is 10.0. The van der Waals surface area contributed by atoms with Crippen LogP contribution in [-0.2, 0) is 0 Å². The van der Waals surface area contributed by atoms with Crippen molar-refractivity contribution in [2.45, 2.75) is 0 Å². The molecule has 0 bridgehead atoms. The van der Waals surface area contributed by atoms with Crippen molar-refractivity contribution in [3.63, 3.8) is 0 Å². The van der Waals surface area contributed by atoms with Gasteiger partial charge in [0.05, 0.1) is 16.7 Å². The summed E-state index contributed by atoms with van der Waals surface area (Å²) in [4.78, 5) is 2.52. The number of fused-ring (bicyclic) bond motifs is 8. The number of rotatable bonds is 8. The normalized spacial score (nSPS) is 11.9. The molecule has 2 nitrogen and oxygen atoms in total. The van der Waals surface area contributed by atoms with E-state index in [1.54, 1.807) is 0 Å². The standard InChI is InChI=1S/C58H40N2SSi/c1-5-20-42(21-6-1)60-52-32-16-15-31-50(52)58-53(33-18-34-54(58)60)59(44-36-37-51-56(40-44)61-55-38-35-41-19-13-14-30-49(41)57(51)55)43-22-17-29-48(39-43)62(45-23-7-2-8-24-45,46-25-9-3-10-26-46)47-27-11-4-12-28-47/h1-40H. The molecule has 0 aliphatic heterocycles. The van der Waals surface area contributed by atoms with E-state index in [0.717, 1.165) is 22.7 Å². The third kappa shape index (κ3) is 5.68. The van der Waals surface area contributed by atoms with Crippen LogP contribution in [0, 0.1) is 0 Å². The zero-order valence-electron chi connectivity index (χ0n) is 33.9. The van der Waals surface area contributed by atoms with Gasteiger partial charge in [0.1, 0.15) is 0 Å². The zero-order valence-corrected chi connectivity index (χ0v) is 35.7. The van der Waals surface area contributed by atoms with Crippen molar-refractivity contribution in [3.8, 4) is 5.69 Å². The maximum atomic E-state index is 2.52. The van der Waals surface area contributed by atoms with Gasteiger partial charge in [0.15, 0.2) is 8.07 Å². The highest BCUT2D eigenvalue weighted by atomic mass is 32.1. The summed E-state index contributed by atoms with van der Waals surface area (Å²) >= 11 is 1.88. The van der Waals surface area contributed by atoms with Crippen LogP contribution in [0.2, 0.25) is 0 Å². The molecule has 0 radical (unpaired) electrons. The first-order valence-electron chi connectivity index (χ1n) is 21.3. The van der Waals surface area contributed by atoms with Crippen LogP contribution in [0.1, 0.15) is 0 Å². The number of aromatic nitrogens is 1. The summed E-state index contributed by atoms with van der Waals surface area (Å²) < 4.78 is 5.00. The average molecular weight is 825 g/mol. The molecule has 0 N–H and O–H groups in total. The lowest BCUT2D eigenvalue weighted by Gasteiger charge is -2.35. The van der Waals surface area contributed by atoms with Crippen LogP contribution in [0.4, 0.5) is 17.1 Å². The van der Waals surface area contributed by atoms with Crippen LogP contribution in [0.3, 0.4) is 0 Å². The van der Waals surface area contributed by atoms with Gasteiger partial charge in [-0.3, -0.25) is 0 Å². The number of nitrogens with zero attached hydrogens (tertiary/aromatic N) is 2. The van der Waals surface area contributed by atoms with Gasteiger partial charge in [-0.1, -0.05) is 182 Å². The van der Waals surface area contributed by atoms with E-state index in [1.165, 1.54) is 73.5 Å². The minimum atomic E-state index is -2.84. The Bertz CT molecular complexity index is 3480. The molecule has 0 saturated heterocycles. The van der Waals surface area contributed by atoms with Gasteiger partial charge >= 0.3 is 0 Å². The van der Waals surface area contributed by atoms with Crippen LogP contribution < -0.4 is 25.6 Å². The molecule has 0 aliphatic rings. The van der Waals surface area contributed by atoms with Gasteiger partial charge in [-0.25, -0.2) is 0 Å². The molecular weight excluding hydrogens is 785 g/mol. The van der Waals surface area contributed by atoms with Crippen LogP contribution in [-0.4, -0.2) is 12.6 Å². The summed E-state index contributed by atoms with van der Waals surface area (Å²) in [5.74, 6) is 0. The minimum Gasteiger partial charge on any atom is -0.310 e. The zero-order chi connectivity index (χ0) is 41.0. The molecule has 0 saturated carbocycles. The Morgan fingerprint density at radius 2 is 0.919 bits per heavy atom. The monoisotopic (exact) mass is 824 g/mol. The first-order chi connectivity index (χ1) is 30.8. The Labute approximate surface area is 365 Å². The molecule has 0 aliphatic carbocycles. The maximum Gasteiger partial charge on any atom is 0.179 e. The van der Waals surface area contributed by atoms with Crippen LogP contribution in [0.5, 0.6) is 0 Å². The van der Waals surface area contributed by atoms with Gasteiger partial charge in [-0.05, 0) is 92.2 Å². The molecule has 10 aromatic carbocycles. The number of hydrogen-bond acceptors (Lipinski definition) is 2. The Morgan fingerprint density at radius 1 is 0.355 bits per heavy atom. The molecule has 62 heavy (non-hydrogen) atoms. The van der Waals surface area contributed by atoms with Gasteiger partial charge in [0.25, 0.3) is 0 Å². The number of para-hydroxylation sites is 2. The molecule has 0 fully saturated rings. The van der Waals surface area contributed by atoms with E-state index in [0.29, 0.717) is 0 Å². The molecule has 292 valence electrons. The summed E-state index contributed by atoms with van der Waals surface area (Å²) in [6.07, 6.45) is 0. The number of thiophene rings is 1. The average Bonchev–Trinajstić information content (AvgIpc) is 3.90. The third-order valence-electron chi connectivity index (χ3n) is 12.7. The van der Waals surface area contributed by atoms with E-state index < -0.39 is 8.07 Å². The molecular formula is C58H40N2SSi. The van der Waals surface area contributed by atoms with Gasteiger partial charge < -0.3 is 9.47 Å². The predicted octanol–water partition coefficient (Wildman–Crippen LogP) is 13.2. The molecule has 2 aromatic heterocycles. The molecule has 0 unspecified atom stereocenters. The highest BCUT2D eigenvalue weighted by molar-refractivity contribution is 7.26. The van der Waals surface area contributed by atoms with E-state index in [4.69, 9.17) is 0 Å². The second-order valence-corrected chi connectivity index (χ2v) is 20.9. The molecule has 0 spiro atoms. The van der Waals surface area contributed by atoms with E-state index in [-0.39, 0.29) is 0 Å². The Morgan fingerprint density at radius 3 is 1.63 bits per heavy atom. The maximum absolute atomic E-state index is 2.84. The molecule has 0 amide bonds. The first-order valence-corrected chi connectivity index (χ1v) is 24.1. The second-order valence-electron chi connectivity index (χ2n) is 16.0. The largest absolute Gasteiger partial charge is 0.310 e. The number of hydrogen-bond donors (Lipinski definition) is 0. The third-order valence-corrected chi connectivity index (χ3v) is 18.6. The summed E-state index contributed by atoms with van der Waals surface area (Å²) in [6, 6.07) is 90.0. The van der Waals surface area contributed by atoms with Crippen molar-refractivity contribution in [2.24, 2.45) is 0 Å². The lowest BCUT2D eigenvalue weighted by Crippen LogP contribution is -2.74. The van der Waals surface area contributed by atoms with Crippen molar-refractivity contribution < 1.29 is 0 Å². The summed E-state index contributed by atoms with van der Waals surface area (Å²) in [7, 11) is -2.84. The molecule has 0 atom stereocenters. The van der Waals surface area contributed by atoms with Crippen LogP contribution in [0.25, 0.3) is 58.4 Å². The number of anilines is 3. The van der Waals surface area contributed by atoms with Crippen LogP contribution in [0.15, 0.2) is 243 Å². The summed E-state index contributed by atoms with van der Waals surface area (Å²) in [5, 5.41) is 13.0. The second kappa shape index (κ2) is 14.9. The lowest BCUT2D eigenvalue weighted by molar-refractivity contribution is 1.18. The highest BCUT2D eigenvalue weighted by Crippen LogP contribution is 2.46. The minimum absolute atomic E-state index is 1.12. The van der Waals surface area contributed by atoms with Gasteiger partial charge in [0.2, 0.25) is 0 Å². The highest BCUT2D eigenvalue weighted by Gasteiger charge is 2.41. The topological polar surface area (TPSA) is 8.17 Å². The van der Waals surface area contributed by atoms with Gasteiger partial charge in [-0.2, -0.15) is 0 Å². The summed E-state index contributed by atoms with van der Waals surface area (Å²) in [6.45, 7) is 0. The van der Waals surface area contributed by atoms with E-state index in [1.807, 2.05) is 11.3 Å². The quantitative estimate of drug-likeness (QED) is 0.109. The SMILES string of the molecule is c1ccc(-n2c3ccccc3c3c(N(c4cccc([Si](c5ccccc5)(c5ccccc5)c5ccccc5)c4)c4ccc5c(c4)sc4ccc6ccccc6c45)cccc32)cc1. The van der Waals surface area contributed by atoms with Crippen molar-refractivity contribution in [1.29, 1.82) is 0 Å². The van der Waals surface area contributed by atoms with Crippen molar-refractivity contribution in [2.75, 3.05) is 4.90 Å². The molecule has 4 heteroatoms. The van der Waals surface area contributed by atoms with Crippen LogP contribution >= 0.6 is 11.3 Å². The fourth-order valence-electron chi connectivity index (χ4n) is 10.1.